The molecule has 0 amide bonds. The highest BCUT2D eigenvalue weighted by atomic mass is 32.3. The molecule has 1 heterocycles. The summed E-state index contributed by atoms with van der Waals surface area (Å²) in [4.78, 5) is 4.66. The molecule has 1 aromatic carbocycles. The third kappa shape index (κ3) is 3.90. The lowest BCUT2D eigenvalue weighted by Crippen LogP contribution is -2.01. The van der Waals surface area contributed by atoms with Gasteiger partial charge in [-0.05, 0) is 29.7 Å². The minimum atomic E-state index is 0.869. The van der Waals surface area contributed by atoms with E-state index in [9.17, 15) is 0 Å². The number of pyridine rings is 1. The van der Waals surface area contributed by atoms with E-state index in [2.05, 4.69) is 48.3 Å². The summed E-state index contributed by atoms with van der Waals surface area (Å²) in [6, 6.07) is 14.7. The van der Waals surface area contributed by atoms with E-state index in [0.29, 0.717) is 0 Å². The lowest BCUT2D eigenvalue weighted by Gasteiger charge is -2.09. The highest BCUT2D eigenvalue weighted by Crippen LogP contribution is 2.23. The van der Waals surface area contributed by atoms with Crippen LogP contribution in [0.3, 0.4) is 0 Å². The first-order valence-corrected chi connectivity index (χ1v) is 9.40. The molecule has 2 rings (SSSR count). The molecule has 0 atom stereocenters. The van der Waals surface area contributed by atoms with Crippen LogP contribution in [0.25, 0.3) is 11.1 Å². The van der Waals surface area contributed by atoms with Crippen LogP contribution in [0.1, 0.15) is 24.7 Å². The Balaban J connectivity index is 2.48. The lowest BCUT2D eigenvalue weighted by atomic mass is 10.0. The molecule has 4 heteroatoms. The molecular formula is C15H15AlNS2. The Morgan fingerprint density at radius 3 is 2.58 bits per heavy atom. The Labute approximate surface area is 131 Å². The minimum absolute atomic E-state index is 0.869. The lowest BCUT2D eigenvalue weighted by molar-refractivity contribution is 0.882. The fourth-order valence-corrected chi connectivity index (χ4v) is 2.75. The average Bonchev–Trinajstić information content (AvgIpc) is 2.47. The van der Waals surface area contributed by atoms with Crippen molar-refractivity contribution >= 4 is 41.7 Å². The normalized spacial score (nSPS) is 10.4. The number of hydrogen-bond acceptors (Lipinski definition) is 3. The second kappa shape index (κ2) is 7.21. The van der Waals surface area contributed by atoms with Gasteiger partial charge in [0, 0.05) is 5.69 Å². The second-order valence-corrected chi connectivity index (χ2v) is 6.51. The van der Waals surface area contributed by atoms with Gasteiger partial charge in [-0.1, -0.05) is 55.9 Å². The zero-order valence-electron chi connectivity index (χ0n) is 10.9. The Hall–Kier alpha value is -0.658. The summed E-state index contributed by atoms with van der Waals surface area (Å²) in [5.41, 5.74) is 4.47. The molecule has 0 unspecified atom stereocenters. The maximum absolute atomic E-state index is 5.38. The van der Waals surface area contributed by atoms with E-state index in [1.54, 1.807) is 25.3 Å². The molecule has 95 valence electrons. The van der Waals surface area contributed by atoms with Crippen molar-refractivity contribution in [2.75, 3.05) is 0 Å². The van der Waals surface area contributed by atoms with Crippen LogP contribution < -0.4 is 0 Å². The third-order valence-corrected chi connectivity index (χ3v) is 5.36. The molecule has 0 aliphatic heterocycles. The van der Waals surface area contributed by atoms with E-state index < -0.39 is 0 Å². The van der Waals surface area contributed by atoms with E-state index in [0.717, 1.165) is 28.4 Å². The molecule has 0 aliphatic carbocycles. The van der Waals surface area contributed by atoms with Crippen LogP contribution in [0.15, 0.2) is 42.5 Å². The zero-order valence-corrected chi connectivity index (χ0v) is 14.0. The molecule has 1 nitrogen and oxygen atoms in total. The summed E-state index contributed by atoms with van der Waals surface area (Å²) in [6.45, 7) is 2.17. The summed E-state index contributed by atoms with van der Waals surface area (Å²) in [6.07, 6.45) is 2.09. The molecule has 0 N–H and O–H groups in total. The van der Waals surface area contributed by atoms with Crippen LogP contribution >= 0.6 is 22.3 Å². The van der Waals surface area contributed by atoms with Gasteiger partial charge in [0.1, 0.15) is 0 Å². The number of aryl methyl sites for hydroxylation is 1. The minimum Gasteiger partial charge on any atom is -0.251 e. The number of benzene rings is 1. The van der Waals surface area contributed by atoms with Gasteiger partial charge in [0.15, 0.2) is 0 Å². The molecular weight excluding hydrogens is 285 g/mol. The summed E-state index contributed by atoms with van der Waals surface area (Å²) >= 11 is 7.18. The highest BCUT2D eigenvalue weighted by molar-refractivity contribution is 8.37. The van der Waals surface area contributed by atoms with Crippen LogP contribution in [0.4, 0.5) is 0 Å². The quantitative estimate of drug-likeness (QED) is 0.627. The van der Waals surface area contributed by atoms with Crippen LogP contribution in [0.5, 0.6) is 0 Å². The number of thiocarbonyl (C=S) groups is 1. The van der Waals surface area contributed by atoms with E-state index in [4.69, 9.17) is 12.2 Å². The predicted octanol–water partition coefficient (Wildman–Crippen LogP) is 3.93. The van der Waals surface area contributed by atoms with Crippen molar-refractivity contribution in [1.29, 1.82) is 0 Å². The van der Waals surface area contributed by atoms with Crippen LogP contribution in [0.2, 0.25) is 0 Å². The van der Waals surface area contributed by atoms with Gasteiger partial charge in [-0.15, -0.1) is 0 Å². The van der Waals surface area contributed by atoms with Gasteiger partial charge in [0.2, 0.25) is 0 Å². The Kier molecular flexibility index (Phi) is 5.60. The topological polar surface area (TPSA) is 12.9 Å². The van der Waals surface area contributed by atoms with E-state index in [1.807, 2.05) is 6.07 Å². The summed E-state index contributed by atoms with van der Waals surface area (Å²) < 4.78 is 0.869. The molecule has 2 aromatic rings. The maximum Gasteiger partial charge on any atom is 0.283 e. The smallest absolute Gasteiger partial charge is 0.251 e. The van der Waals surface area contributed by atoms with Gasteiger partial charge < -0.3 is 0 Å². The van der Waals surface area contributed by atoms with Crippen molar-refractivity contribution in [1.82, 2.24) is 4.98 Å². The van der Waals surface area contributed by atoms with E-state index in [1.165, 1.54) is 11.1 Å². The molecule has 19 heavy (non-hydrogen) atoms. The van der Waals surface area contributed by atoms with Gasteiger partial charge in [-0.2, -0.15) is 0 Å². The average molecular weight is 300 g/mol. The molecule has 0 saturated heterocycles. The SMILES string of the molecule is CCCc1cc(-c2ccccc2)cc(C(=S)[S][AlH])n1. The predicted molar refractivity (Wildman–Crippen MR) is 90.1 cm³/mol. The van der Waals surface area contributed by atoms with Gasteiger partial charge in [-0.3, -0.25) is 4.98 Å². The number of nitrogens with zero attached hydrogens (tertiary/aromatic N) is 1. The number of rotatable bonds is 4. The van der Waals surface area contributed by atoms with Gasteiger partial charge in [0.25, 0.3) is 15.2 Å². The Morgan fingerprint density at radius 2 is 1.95 bits per heavy atom. The molecule has 1 aromatic heterocycles. The van der Waals surface area contributed by atoms with Crippen LogP contribution in [-0.2, 0) is 6.42 Å². The molecule has 0 spiro atoms. The second-order valence-electron chi connectivity index (χ2n) is 4.28. The fraction of sp³-hybridized carbons (Fsp3) is 0.200. The number of aromatic nitrogens is 1. The monoisotopic (exact) mass is 300 g/mol. The molecule has 0 fully saturated rings. The zero-order chi connectivity index (χ0) is 13.7. The van der Waals surface area contributed by atoms with Crippen molar-refractivity contribution < 1.29 is 0 Å². The van der Waals surface area contributed by atoms with Gasteiger partial charge >= 0.3 is 0 Å². The summed E-state index contributed by atoms with van der Waals surface area (Å²) in [7, 11) is 1.61. The first-order valence-electron chi connectivity index (χ1n) is 6.27. The van der Waals surface area contributed by atoms with Crippen molar-refractivity contribution in [3.8, 4) is 11.1 Å². The first kappa shape index (κ1) is 14.7. The third-order valence-electron chi connectivity index (χ3n) is 2.83. The number of hydrogen-bond donors (Lipinski definition) is 0. The van der Waals surface area contributed by atoms with Crippen molar-refractivity contribution in [2.24, 2.45) is 0 Å². The molecule has 0 aliphatic rings. The Bertz CT molecular complexity index is 570. The van der Waals surface area contributed by atoms with Gasteiger partial charge in [0.05, 0.1) is 9.89 Å². The maximum atomic E-state index is 5.38. The van der Waals surface area contributed by atoms with E-state index in [-0.39, 0.29) is 0 Å². The Morgan fingerprint density at radius 1 is 1.21 bits per heavy atom. The summed E-state index contributed by atoms with van der Waals surface area (Å²) in [5, 5.41) is 0. The fourth-order valence-electron chi connectivity index (χ4n) is 1.95. The van der Waals surface area contributed by atoms with Crippen LogP contribution in [0, 0.1) is 0 Å². The van der Waals surface area contributed by atoms with Crippen molar-refractivity contribution in [3.05, 3.63) is 53.9 Å². The van der Waals surface area contributed by atoms with Crippen LogP contribution in [-0.4, -0.2) is 24.3 Å². The molecule has 0 bridgehead atoms. The molecule has 0 saturated carbocycles. The van der Waals surface area contributed by atoms with E-state index >= 15 is 0 Å². The van der Waals surface area contributed by atoms with Gasteiger partial charge in [-0.25, -0.2) is 10.1 Å². The van der Waals surface area contributed by atoms with Crippen molar-refractivity contribution in [2.45, 2.75) is 19.8 Å². The highest BCUT2D eigenvalue weighted by Gasteiger charge is 2.07. The largest absolute Gasteiger partial charge is 0.283 e. The molecule has 1 radical (unpaired) electrons. The van der Waals surface area contributed by atoms with Crippen molar-refractivity contribution in [3.63, 3.8) is 0 Å². The first-order chi connectivity index (χ1) is 9.24. The standard InChI is InChI=1S/C15H15NS2.Al.H/c1-2-6-13-9-12(10-14(16-13)15(17)18)11-7-4-3-5-8-11;;/h3-5,7-10H,2,6H2,1H3,(H,17,18);;/q;+1;/p-1. The summed E-state index contributed by atoms with van der Waals surface area (Å²) in [5.74, 6) is 0.